The molecule has 1 aromatic carbocycles. The van der Waals surface area contributed by atoms with Gasteiger partial charge >= 0.3 is 6.36 Å². The van der Waals surface area contributed by atoms with E-state index >= 15 is 0 Å². The Balaban J connectivity index is 1.22. The van der Waals surface area contributed by atoms with E-state index in [4.69, 9.17) is 4.52 Å². The summed E-state index contributed by atoms with van der Waals surface area (Å²) in [4.78, 5) is 15.4. The van der Waals surface area contributed by atoms with Crippen molar-refractivity contribution in [3.05, 3.63) is 54.6 Å². The van der Waals surface area contributed by atoms with Crippen LogP contribution in [-0.4, -0.2) is 77.6 Å². The minimum Gasteiger partial charge on any atom is -0.406 e. The second-order valence-electron chi connectivity index (χ2n) is 7.87. The summed E-state index contributed by atoms with van der Waals surface area (Å²) in [6, 6.07) is 9.17. The van der Waals surface area contributed by atoms with Crippen molar-refractivity contribution >= 4 is 5.95 Å². The molecule has 11 heteroatoms. The van der Waals surface area contributed by atoms with Crippen molar-refractivity contribution in [2.24, 2.45) is 0 Å². The minimum absolute atomic E-state index is 0.271. The zero-order valence-electron chi connectivity index (χ0n) is 18.2. The summed E-state index contributed by atoms with van der Waals surface area (Å²) in [5.41, 5.74) is 1.22. The molecule has 3 aromatic rings. The van der Waals surface area contributed by atoms with Crippen molar-refractivity contribution < 1.29 is 22.4 Å². The summed E-state index contributed by atoms with van der Waals surface area (Å²) in [7, 11) is 2.01. The molecule has 4 rings (SSSR count). The lowest BCUT2D eigenvalue weighted by atomic mass is 10.1. The Bertz CT molecular complexity index is 1000. The predicted octanol–water partition coefficient (Wildman–Crippen LogP) is 3.28. The number of halogens is 3. The third-order valence-corrected chi connectivity index (χ3v) is 5.37. The van der Waals surface area contributed by atoms with Gasteiger partial charge in [-0.1, -0.05) is 5.16 Å². The Morgan fingerprint density at radius 3 is 2.42 bits per heavy atom. The van der Waals surface area contributed by atoms with Crippen LogP contribution >= 0.6 is 0 Å². The van der Waals surface area contributed by atoms with Crippen LogP contribution in [0.15, 0.2) is 53.3 Å². The summed E-state index contributed by atoms with van der Waals surface area (Å²) in [5, 5.41) is 4.04. The van der Waals surface area contributed by atoms with E-state index in [-0.39, 0.29) is 5.75 Å². The second-order valence-corrected chi connectivity index (χ2v) is 7.87. The summed E-state index contributed by atoms with van der Waals surface area (Å²) in [6.07, 6.45) is -1.19. The molecule has 0 atom stereocenters. The normalized spacial score (nSPS) is 15.2. The van der Waals surface area contributed by atoms with E-state index in [1.165, 1.54) is 24.3 Å². The second kappa shape index (κ2) is 10.2. The molecule has 2 aromatic heterocycles. The highest BCUT2D eigenvalue weighted by molar-refractivity contribution is 5.59. The predicted molar refractivity (Wildman–Crippen MR) is 116 cm³/mol. The Morgan fingerprint density at radius 2 is 1.76 bits per heavy atom. The van der Waals surface area contributed by atoms with Gasteiger partial charge in [-0.05, 0) is 37.4 Å². The van der Waals surface area contributed by atoms with Gasteiger partial charge in [-0.3, -0.25) is 9.80 Å². The first-order valence-corrected chi connectivity index (χ1v) is 10.6. The maximum Gasteiger partial charge on any atom is 0.573 e. The molecule has 8 nitrogen and oxygen atoms in total. The number of ether oxygens (including phenoxy) is 1. The molecule has 0 N–H and O–H groups in total. The molecule has 1 aliphatic rings. The average molecular weight is 462 g/mol. The SMILES string of the molecule is CN(CCN1CCN(c2ncccn2)CC1)Cc1cc(-c2ccc(OC(F)(F)F)cc2)no1. The fourth-order valence-corrected chi connectivity index (χ4v) is 3.63. The van der Waals surface area contributed by atoms with Crippen LogP contribution in [0.5, 0.6) is 5.75 Å². The zero-order valence-corrected chi connectivity index (χ0v) is 18.2. The molecule has 3 heterocycles. The van der Waals surface area contributed by atoms with E-state index < -0.39 is 6.36 Å². The highest BCUT2D eigenvalue weighted by Crippen LogP contribution is 2.26. The minimum atomic E-state index is -4.71. The molecule has 176 valence electrons. The maximum atomic E-state index is 12.3. The molecule has 0 unspecified atom stereocenters. The maximum absolute atomic E-state index is 12.3. The van der Waals surface area contributed by atoms with Gasteiger partial charge in [0.25, 0.3) is 0 Å². The van der Waals surface area contributed by atoms with Gasteiger partial charge in [0.15, 0.2) is 5.76 Å². The lowest BCUT2D eigenvalue weighted by Gasteiger charge is -2.35. The monoisotopic (exact) mass is 462 g/mol. The van der Waals surface area contributed by atoms with E-state index in [1.807, 2.05) is 13.1 Å². The summed E-state index contributed by atoms with van der Waals surface area (Å²) in [6.45, 7) is 6.07. The van der Waals surface area contributed by atoms with Gasteiger partial charge in [0.2, 0.25) is 5.95 Å². The zero-order chi connectivity index (χ0) is 23.3. The number of anilines is 1. The smallest absolute Gasteiger partial charge is 0.406 e. The largest absolute Gasteiger partial charge is 0.573 e. The molecule has 0 bridgehead atoms. The van der Waals surface area contributed by atoms with Crippen LogP contribution in [0, 0.1) is 0 Å². The van der Waals surface area contributed by atoms with Gasteiger partial charge in [-0.25, -0.2) is 9.97 Å². The first-order chi connectivity index (χ1) is 15.9. The highest BCUT2D eigenvalue weighted by Gasteiger charge is 2.31. The van der Waals surface area contributed by atoms with Crippen LogP contribution in [0.4, 0.5) is 19.1 Å². The molecule has 33 heavy (non-hydrogen) atoms. The van der Waals surface area contributed by atoms with Gasteiger partial charge in [0, 0.05) is 63.3 Å². The third kappa shape index (κ3) is 6.65. The molecule has 0 saturated carbocycles. The standard InChI is InChI=1S/C22H25F3N6O2/c1-29(9-10-30-11-13-31(14-12-30)21-26-7-2-8-27-21)16-19-15-20(28-33-19)17-3-5-18(6-4-17)32-22(23,24)25/h2-8,15H,9-14,16H2,1H3. The lowest BCUT2D eigenvalue weighted by Crippen LogP contribution is -2.48. The molecule has 1 saturated heterocycles. The van der Waals surface area contributed by atoms with Crippen molar-refractivity contribution in [1.82, 2.24) is 24.9 Å². The number of benzene rings is 1. The van der Waals surface area contributed by atoms with Crippen LogP contribution in [0.1, 0.15) is 5.76 Å². The van der Waals surface area contributed by atoms with Gasteiger partial charge in [0.05, 0.1) is 6.54 Å². The summed E-state index contributed by atoms with van der Waals surface area (Å²) < 4.78 is 46.2. The number of nitrogens with zero attached hydrogens (tertiary/aromatic N) is 6. The number of rotatable bonds is 8. The lowest BCUT2D eigenvalue weighted by molar-refractivity contribution is -0.274. The first-order valence-electron chi connectivity index (χ1n) is 10.6. The quantitative estimate of drug-likeness (QED) is 0.505. The Kier molecular flexibility index (Phi) is 7.09. The van der Waals surface area contributed by atoms with Gasteiger partial charge < -0.3 is 14.2 Å². The molecule has 0 spiro atoms. The van der Waals surface area contributed by atoms with Crippen molar-refractivity contribution in [3.63, 3.8) is 0 Å². The van der Waals surface area contributed by atoms with Crippen molar-refractivity contribution in [2.75, 3.05) is 51.2 Å². The van der Waals surface area contributed by atoms with E-state index in [0.29, 0.717) is 23.6 Å². The van der Waals surface area contributed by atoms with Crippen LogP contribution in [0.2, 0.25) is 0 Å². The number of hydrogen-bond acceptors (Lipinski definition) is 8. The van der Waals surface area contributed by atoms with E-state index in [1.54, 1.807) is 18.5 Å². The summed E-state index contributed by atoms with van der Waals surface area (Å²) in [5.74, 6) is 1.19. The average Bonchev–Trinajstić information content (AvgIpc) is 3.26. The van der Waals surface area contributed by atoms with Crippen LogP contribution < -0.4 is 9.64 Å². The van der Waals surface area contributed by atoms with Gasteiger partial charge in [0.1, 0.15) is 11.4 Å². The Hall–Kier alpha value is -3.18. The van der Waals surface area contributed by atoms with Crippen LogP contribution in [0.3, 0.4) is 0 Å². The molecular formula is C22H25F3N6O2. The van der Waals surface area contributed by atoms with E-state index in [2.05, 4.69) is 34.6 Å². The van der Waals surface area contributed by atoms with Gasteiger partial charge in [-0.15, -0.1) is 13.2 Å². The molecular weight excluding hydrogens is 437 g/mol. The first kappa shape index (κ1) is 23.0. The number of alkyl halides is 3. The number of aromatic nitrogens is 3. The topological polar surface area (TPSA) is 70.8 Å². The summed E-state index contributed by atoms with van der Waals surface area (Å²) >= 11 is 0. The van der Waals surface area contributed by atoms with E-state index in [9.17, 15) is 13.2 Å². The number of hydrogen-bond donors (Lipinski definition) is 0. The fraction of sp³-hybridized carbons (Fsp3) is 0.409. The Morgan fingerprint density at radius 1 is 1.06 bits per heavy atom. The van der Waals surface area contributed by atoms with Crippen LogP contribution in [-0.2, 0) is 6.54 Å². The van der Waals surface area contributed by atoms with Gasteiger partial charge in [-0.2, -0.15) is 0 Å². The number of likely N-dealkylation sites (N-methyl/N-ethyl adjacent to an activating group) is 1. The fourth-order valence-electron chi connectivity index (χ4n) is 3.63. The van der Waals surface area contributed by atoms with Crippen LogP contribution in [0.25, 0.3) is 11.3 Å². The van der Waals surface area contributed by atoms with Crippen molar-refractivity contribution in [3.8, 4) is 17.0 Å². The molecule has 1 fully saturated rings. The Labute approximate surface area is 189 Å². The highest BCUT2D eigenvalue weighted by atomic mass is 19.4. The molecule has 0 amide bonds. The third-order valence-electron chi connectivity index (χ3n) is 5.37. The molecule has 0 aliphatic carbocycles. The molecule has 0 radical (unpaired) electrons. The number of piperazine rings is 1. The molecule has 1 aliphatic heterocycles. The van der Waals surface area contributed by atoms with E-state index in [0.717, 1.165) is 45.2 Å². The van der Waals surface area contributed by atoms with Crippen molar-refractivity contribution in [1.29, 1.82) is 0 Å². The van der Waals surface area contributed by atoms with Crippen molar-refractivity contribution in [2.45, 2.75) is 12.9 Å².